The van der Waals surface area contributed by atoms with Gasteiger partial charge in [0.05, 0.1) is 37.6 Å². The van der Waals surface area contributed by atoms with Crippen molar-refractivity contribution < 1.29 is 56.5 Å². The van der Waals surface area contributed by atoms with Crippen LogP contribution in [0.2, 0.25) is 0 Å². The first kappa shape index (κ1) is 32.8. The second-order valence-corrected chi connectivity index (χ2v) is 16.8. The van der Waals surface area contributed by atoms with Gasteiger partial charge in [0.15, 0.2) is 12.1 Å². The van der Waals surface area contributed by atoms with Gasteiger partial charge in [0, 0.05) is 24.2 Å². The Hall–Kier alpha value is -0.710. The second-order valence-electron chi connectivity index (χ2n) is 15.7. The van der Waals surface area contributed by atoms with E-state index in [2.05, 4.69) is 31.9 Å². The largest absolute Gasteiger partial charge is 0.397 e. The van der Waals surface area contributed by atoms with Crippen molar-refractivity contribution in [1.29, 1.82) is 0 Å². The molecule has 7 aliphatic rings. The summed E-state index contributed by atoms with van der Waals surface area (Å²) in [4.78, 5) is 0. The Morgan fingerprint density at radius 1 is 0.978 bits per heavy atom. The number of aliphatic hydroxyl groups excluding tert-OH is 4. The first-order chi connectivity index (χ1) is 21.1. The monoisotopic (exact) mass is 658 g/mol. The fourth-order valence-corrected chi connectivity index (χ4v) is 11.7. The molecule has 6 fully saturated rings. The number of rotatable bonds is 4. The molecule has 4 aliphatic carbocycles. The summed E-state index contributed by atoms with van der Waals surface area (Å²) in [6.07, 6.45) is -0.879. The van der Waals surface area contributed by atoms with Gasteiger partial charge in [0.2, 0.25) is 0 Å². The predicted molar refractivity (Wildman–Crippen MR) is 158 cm³/mol. The molecule has 17 atom stereocenters. The lowest BCUT2D eigenvalue weighted by Crippen LogP contribution is -2.62. The number of fused-ring (bicyclic) bond motifs is 7. The molecule has 17 unspecified atom stereocenters. The van der Waals surface area contributed by atoms with E-state index in [9.17, 15) is 28.8 Å². The molecule has 45 heavy (non-hydrogen) atoms. The quantitative estimate of drug-likeness (QED) is 0.219. The Balaban J connectivity index is 1.14. The lowest BCUT2D eigenvalue weighted by molar-refractivity contribution is -0.299. The van der Waals surface area contributed by atoms with Gasteiger partial charge in [-0.1, -0.05) is 39.3 Å². The Morgan fingerprint density at radius 3 is 2.42 bits per heavy atom. The van der Waals surface area contributed by atoms with E-state index in [0.29, 0.717) is 18.3 Å². The highest BCUT2D eigenvalue weighted by molar-refractivity contribution is 7.80. The molecule has 0 aromatic rings. The molecule has 0 amide bonds. The molecular formula is C32H50O12S. The Labute approximate surface area is 265 Å². The van der Waals surface area contributed by atoms with Crippen molar-refractivity contribution in [2.75, 3.05) is 13.2 Å². The van der Waals surface area contributed by atoms with Crippen molar-refractivity contribution in [3.63, 3.8) is 0 Å². The molecule has 13 heteroatoms. The van der Waals surface area contributed by atoms with Gasteiger partial charge in [-0.3, -0.25) is 4.55 Å². The van der Waals surface area contributed by atoms with Gasteiger partial charge >= 0.3 is 10.4 Å². The zero-order chi connectivity index (χ0) is 32.3. The van der Waals surface area contributed by atoms with Gasteiger partial charge in [0.1, 0.15) is 18.3 Å². The van der Waals surface area contributed by atoms with Crippen LogP contribution in [0.1, 0.15) is 72.6 Å². The van der Waals surface area contributed by atoms with E-state index in [1.54, 1.807) is 0 Å². The molecule has 0 aromatic heterocycles. The van der Waals surface area contributed by atoms with Crippen LogP contribution in [-0.2, 0) is 33.5 Å². The minimum atomic E-state index is -4.88. The lowest BCUT2D eigenvalue weighted by Gasteiger charge is -2.61. The van der Waals surface area contributed by atoms with Crippen molar-refractivity contribution in [2.24, 2.45) is 46.3 Å². The molecule has 12 nitrogen and oxygen atoms in total. The highest BCUT2D eigenvalue weighted by Crippen LogP contribution is 2.71. The average molecular weight is 659 g/mol. The molecule has 5 N–H and O–H groups in total. The summed E-state index contributed by atoms with van der Waals surface area (Å²) in [5, 5.41) is 44.1. The first-order valence-corrected chi connectivity index (χ1v) is 18.1. The lowest BCUT2D eigenvalue weighted by atomic mass is 9.45. The highest BCUT2D eigenvalue weighted by atomic mass is 32.3. The van der Waals surface area contributed by atoms with Crippen molar-refractivity contribution in [3.05, 3.63) is 11.6 Å². The SMILES string of the molecule is CC1CCC2(OC1)OC1CC3C4C(O)C=C5CC(O)CC(OC6OCC(OS(=O)(=O)O)C(O)C6O)C5(C)C4CCC3(C)C1C2C. The summed E-state index contributed by atoms with van der Waals surface area (Å²) in [6.45, 7) is 9.30. The maximum absolute atomic E-state index is 11.8. The maximum atomic E-state index is 11.8. The first-order valence-electron chi connectivity index (χ1n) is 16.8. The molecule has 0 radical (unpaired) electrons. The zero-order valence-corrected chi connectivity index (χ0v) is 27.3. The van der Waals surface area contributed by atoms with Crippen molar-refractivity contribution >= 4 is 10.4 Å². The third kappa shape index (κ3) is 5.10. The van der Waals surface area contributed by atoms with Crippen LogP contribution in [0.25, 0.3) is 0 Å². The van der Waals surface area contributed by atoms with E-state index < -0.39 is 71.1 Å². The van der Waals surface area contributed by atoms with Crippen molar-refractivity contribution in [2.45, 2.75) is 127 Å². The molecule has 1 spiro atoms. The van der Waals surface area contributed by atoms with Crippen LogP contribution in [0, 0.1) is 46.3 Å². The minimum Gasteiger partial charge on any atom is -0.393 e. The van der Waals surface area contributed by atoms with Gasteiger partial charge in [-0.05, 0) is 67.1 Å². The zero-order valence-electron chi connectivity index (χ0n) is 26.5. The van der Waals surface area contributed by atoms with Crippen LogP contribution in [0.15, 0.2) is 11.6 Å². The third-order valence-electron chi connectivity index (χ3n) is 13.4. The fraction of sp³-hybridized carbons (Fsp3) is 0.938. The molecule has 0 aromatic carbocycles. The molecule has 3 heterocycles. The van der Waals surface area contributed by atoms with Crippen LogP contribution in [0.4, 0.5) is 0 Å². The third-order valence-corrected chi connectivity index (χ3v) is 13.9. The van der Waals surface area contributed by atoms with E-state index in [4.69, 9.17) is 23.5 Å². The Morgan fingerprint density at radius 2 is 1.73 bits per heavy atom. The molecule has 3 saturated heterocycles. The van der Waals surface area contributed by atoms with E-state index in [1.165, 1.54) is 0 Å². The average Bonchev–Trinajstić information content (AvgIpc) is 3.40. The van der Waals surface area contributed by atoms with Crippen LogP contribution >= 0.6 is 0 Å². The van der Waals surface area contributed by atoms with Crippen LogP contribution in [0.3, 0.4) is 0 Å². The van der Waals surface area contributed by atoms with Gasteiger partial charge in [-0.15, -0.1) is 0 Å². The summed E-state index contributed by atoms with van der Waals surface area (Å²) in [5.41, 5.74) is 0.297. The van der Waals surface area contributed by atoms with Gasteiger partial charge in [-0.25, -0.2) is 4.18 Å². The normalized spacial score (nSPS) is 56.2. The van der Waals surface area contributed by atoms with E-state index in [1.807, 2.05) is 6.08 Å². The number of hydrogen-bond acceptors (Lipinski definition) is 11. The molecule has 7 rings (SSSR count). The molecule has 3 aliphatic heterocycles. The standard InChI is InChI=1S/C32H50O12S/c1-15-5-8-32(41-13-15)16(2)26-22(43-32)12-20-25-19(6-7-30(20,26)3)31(4)17(10-21(25)34)9-18(33)11-24(31)42-29-28(36)27(35)23(14-40-29)44-45(37,38)39/h10,15-16,18-29,33-36H,5-9,11-14H2,1-4H3,(H,37,38,39). The van der Waals surface area contributed by atoms with Gasteiger partial charge in [0.25, 0.3) is 0 Å². The molecule has 3 saturated carbocycles. The summed E-state index contributed by atoms with van der Waals surface area (Å²) < 4.78 is 61.3. The number of ether oxygens (including phenoxy) is 4. The number of aliphatic hydroxyl groups is 4. The van der Waals surface area contributed by atoms with E-state index in [0.717, 1.165) is 44.3 Å². The molecule has 256 valence electrons. The molecule has 0 bridgehead atoms. The van der Waals surface area contributed by atoms with Crippen LogP contribution < -0.4 is 0 Å². The van der Waals surface area contributed by atoms with Crippen molar-refractivity contribution in [1.82, 2.24) is 0 Å². The second kappa shape index (κ2) is 11.2. The summed E-state index contributed by atoms with van der Waals surface area (Å²) in [5.74, 6) is 0.762. The van der Waals surface area contributed by atoms with Crippen LogP contribution in [-0.4, -0.2) is 101 Å². The van der Waals surface area contributed by atoms with Gasteiger partial charge < -0.3 is 39.4 Å². The topological polar surface area (TPSA) is 181 Å². The van der Waals surface area contributed by atoms with Crippen LogP contribution in [0.5, 0.6) is 0 Å². The maximum Gasteiger partial charge on any atom is 0.397 e. The Bertz CT molecular complexity index is 1280. The summed E-state index contributed by atoms with van der Waals surface area (Å²) in [7, 11) is -4.88. The number of hydrogen-bond donors (Lipinski definition) is 5. The molecular weight excluding hydrogens is 608 g/mol. The smallest absolute Gasteiger partial charge is 0.393 e. The summed E-state index contributed by atoms with van der Waals surface area (Å²) in [6, 6.07) is 0. The fourth-order valence-electron chi connectivity index (χ4n) is 11.2. The predicted octanol–water partition coefficient (Wildman–Crippen LogP) is 1.95. The highest BCUT2D eigenvalue weighted by Gasteiger charge is 2.70. The van der Waals surface area contributed by atoms with Gasteiger partial charge in [-0.2, -0.15) is 8.42 Å². The summed E-state index contributed by atoms with van der Waals surface area (Å²) >= 11 is 0. The Kier molecular flexibility index (Phi) is 8.14. The minimum absolute atomic E-state index is 0.0271. The van der Waals surface area contributed by atoms with E-state index in [-0.39, 0.29) is 41.6 Å². The van der Waals surface area contributed by atoms with E-state index >= 15 is 0 Å². The van der Waals surface area contributed by atoms with Crippen molar-refractivity contribution in [3.8, 4) is 0 Å².